The SMILES string of the molecule is CN1CCC(Nc2ncc(C(F)(F)F)cc2Cl)C1. The van der Waals surface area contributed by atoms with Crippen LogP contribution < -0.4 is 5.32 Å². The Labute approximate surface area is 108 Å². The lowest BCUT2D eigenvalue weighted by Gasteiger charge is -2.15. The van der Waals surface area contributed by atoms with Crippen LogP contribution in [0.3, 0.4) is 0 Å². The predicted molar refractivity (Wildman–Crippen MR) is 63.8 cm³/mol. The molecule has 0 spiro atoms. The molecule has 0 radical (unpaired) electrons. The molecule has 1 aromatic rings. The number of nitrogens with one attached hydrogen (secondary N) is 1. The van der Waals surface area contributed by atoms with Crippen molar-refractivity contribution in [3.05, 3.63) is 22.8 Å². The van der Waals surface area contributed by atoms with Gasteiger partial charge in [-0.3, -0.25) is 0 Å². The van der Waals surface area contributed by atoms with Crippen molar-refractivity contribution in [3.63, 3.8) is 0 Å². The number of rotatable bonds is 2. The summed E-state index contributed by atoms with van der Waals surface area (Å²) in [7, 11) is 1.99. The molecule has 1 fully saturated rings. The van der Waals surface area contributed by atoms with Gasteiger partial charge in [-0.2, -0.15) is 13.2 Å². The fraction of sp³-hybridized carbons (Fsp3) is 0.545. The molecule has 1 aliphatic heterocycles. The van der Waals surface area contributed by atoms with Crippen LogP contribution in [0.4, 0.5) is 19.0 Å². The summed E-state index contributed by atoms with van der Waals surface area (Å²) in [6.45, 7) is 1.79. The number of anilines is 1. The first kappa shape index (κ1) is 13.4. The van der Waals surface area contributed by atoms with E-state index in [1.54, 1.807) is 0 Å². The molecule has 100 valence electrons. The number of aromatic nitrogens is 1. The first-order valence-corrected chi connectivity index (χ1v) is 5.92. The molecule has 18 heavy (non-hydrogen) atoms. The summed E-state index contributed by atoms with van der Waals surface area (Å²) in [4.78, 5) is 5.89. The van der Waals surface area contributed by atoms with Gasteiger partial charge in [-0.25, -0.2) is 4.98 Å². The van der Waals surface area contributed by atoms with E-state index in [2.05, 4.69) is 15.2 Å². The van der Waals surface area contributed by atoms with Gasteiger partial charge in [0.1, 0.15) is 5.82 Å². The van der Waals surface area contributed by atoms with Gasteiger partial charge in [-0.1, -0.05) is 11.6 Å². The van der Waals surface area contributed by atoms with E-state index in [0.29, 0.717) is 5.82 Å². The van der Waals surface area contributed by atoms with E-state index in [9.17, 15) is 13.2 Å². The molecule has 0 saturated carbocycles. The highest BCUT2D eigenvalue weighted by molar-refractivity contribution is 6.33. The highest BCUT2D eigenvalue weighted by Gasteiger charge is 2.32. The van der Waals surface area contributed by atoms with Gasteiger partial charge >= 0.3 is 6.18 Å². The Morgan fingerprint density at radius 2 is 2.22 bits per heavy atom. The smallest absolute Gasteiger partial charge is 0.365 e. The monoisotopic (exact) mass is 279 g/mol. The van der Waals surface area contributed by atoms with Crippen LogP contribution in [0.1, 0.15) is 12.0 Å². The maximum Gasteiger partial charge on any atom is 0.417 e. The fourth-order valence-corrected chi connectivity index (χ4v) is 2.17. The number of hydrogen-bond acceptors (Lipinski definition) is 3. The molecule has 1 atom stereocenters. The molecule has 2 rings (SSSR count). The lowest BCUT2D eigenvalue weighted by Crippen LogP contribution is -2.24. The maximum absolute atomic E-state index is 12.4. The zero-order valence-electron chi connectivity index (χ0n) is 9.76. The Morgan fingerprint density at radius 3 is 2.72 bits per heavy atom. The van der Waals surface area contributed by atoms with Crippen molar-refractivity contribution in [1.29, 1.82) is 0 Å². The van der Waals surface area contributed by atoms with Crippen molar-refractivity contribution in [2.45, 2.75) is 18.6 Å². The molecule has 1 aliphatic rings. The van der Waals surface area contributed by atoms with E-state index < -0.39 is 11.7 Å². The minimum absolute atomic E-state index is 0.000576. The Balaban J connectivity index is 2.10. The van der Waals surface area contributed by atoms with Gasteiger partial charge in [0.25, 0.3) is 0 Å². The standard InChI is InChI=1S/C11H13ClF3N3/c1-18-3-2-8(6-18)17-10-9(12)4-7(5-16-10)11(13,14)15/h4-5,8H,2-3,6H2,1H3,(H,16,17). The highest BCUT2D eigenvalue weighted by Crippen LogP contribution is 2.32. The zero-order chi connectivity index (χ0) is 13.3. The van der Waals surface area contributed by atoms with Crippen molar-refractivity contribution >= 4 is 17.4 Å². The van der Waals surface area contributed by atoms with Gasteiger partial charge in [0.05, 0.1) is 10.6 Å². The highest BCUT2D eigenvalue weighted by atomic mass is 35.5. The number of pyridine rings is 1. The van der Waals surface area contributed by atoms with Crippen molar-refractivity contribution in [1.82, 2.24) is 9.88 Å². The van der Waals surface area contributed by atoms with Crippen molar-refractivity contribution in [2.24, 2.45) is 0 Å². The minimum atomic E-state index is -4.41. The van der Waals surface area contributed by atoms with Crippen molar-refractivity contribution < 1.29 is 13.2 Å². The molecular formula is C11H13ClF3N3. The normalized spacial score (nSPS) is 21.3. The molecule has 1 unspecified atom stereocenters. The summed E-state index contributed by atoms with van der Waals surface area (Å²) in [6, 6.07) is 1.08. The van der Waals surface area contributed by atoms with Crippen LogP contribution in [0.2, 0.25) is 5.02 Å². The number of likely N-dealkylation sites (tertiary alicyclic amines) is 1. The summed E-state index contributed by atoms with van der Waals surface area (Å²) in [5.41, 5.74) is -0.832. The Hall–Kier alpha value is -1.01. The van der Waals surface area contributed by atoms with Gasteiger partial charge in [0.15, 0.2) is 0 Å². The van der Waals surface area contributed by atoms with E-state index in [0.717, 1.165) is 31.8 Å². The van der Waals surface area contributed by atoms with Crippen LogP contribution in [-0.2, 0) is 6.18 Å². The predicted octanol–water partition coefficient (Wildman–Crippen LogP) is 2.87. The number of hydrogen-bond donors (Lipinski definition) is 1. The molecule has 0 aliphatic carbocycles. The summed E-state index contributed by atoms with van der Waals surface area (Å²) in [6.07, 6.45) is -2.69. The largest absolute Gasteiger partial charge is 0.417 e. The molecule has 1 saturated heterocycles. The maximum atomic E-state index is 12.4. The molecule has 0 bridgehead atoms. The zero-order valence-corrected chi connectivity index (χ0v) is 10.5. The summed E-state index contributed by atoms with van der Waals surface area (Å²) in [5, 5.41) is 3.07. The molecule has 2 heterocycles. The van der Waals surface area contributed by atoms with Crippen LogP contribution >= 0.6 is 11.6 Å². The van der Waals surface area contributed by atoms with E-state index in [1.165, 1.54) is 0 Å². The van der Waals surface area contributed by atoms with Crippen LogP contribution in [0.25, 0.3) is 0 Å². The van der Waals surface area contributed by atoms with Crippen LogP contribution in [0.15, 0.2) is 12.3 Å². The first-order valence-electron chi connectivity index (χ1n) is 5.54. The second-order valence-corrected chi connectivity index (χ2v) is 4.85. The van der Waals surface area contributed by atoms with Gasteiger partial charge in [-0.05, 0) is 26.1 Å². The Kier molecular flexibility index (Phi) is 3.68. The third-order valence-corrected chi connectivity index (χ3v) is 3.19. The van der Waals surface area contributed by atoms with Crippen molar-refractivity contribution in [3.8, 4) is 0 Å². The third kappa shape index (κ3) is 3.05. The fourth-order valence-electron chi connectivity index (χ4n) is 1.95. The topological polar surface area (TPSA) is 28.2 Å². The Bertz CT molecular complexity index is 436. The van der Waals surface area contributed by atoms with Crippen LogP contribution in [-0.4, -0.2) is 36.1 Å². The van der Waals surface area contributed by atoms with Gasteiger partial charge in [0, 0.05) is 18.8 Å². The number of likely N-dealkylation sites (N-methyl/N-ethyl adjacent to an activating group) is 1. The summed E-state index contributed by atoms with van der Waals surface area (Å²) >= 11 is 5.81. The van der Waals surface area contributed by atoms with E-state index in [4.69, 9.17) is 11.6 Å². The average molecular weight is 280 g/mol. The Morgan fingerprint density at radius 1 is 1.50 bits per heavy atom. The van der Waals surface area contributed by atoms with Crippen molar-refractivity contribution in [2.75, 3.05) is 25.5 Å². The average Bonchev–Trinajstić information content (AvgIpc) is 2.65. The number of alkyl halides is 3. The molecule has 7 heteroatoms. The molecule has 3 nitrogen and oxygen atoms in total. The van der Waals surface area contributed by atoms with E-state index in [1.807, 2.05) is 7.05 Å². The molecular weight excluding hydrogens is 267 g/mol. The summed E-state index contributed by atoms with van der Waals surface area (Å²) < 4.78 is 37.3. The second-order valence-electron chi connectivity index (χ2n) is 4.44. The molecule has 1 aromatic heterocycles. The molecule has 0 aromatic carbocycles. The second kappa shape index (κ2) is 4.93. The van der Waals surface area contributed by atoms with Crippen LogP contribution in [0, 0.1) is 0 Å². The molecule has 1 N–H and O–H groups in total. The lowest BCUT2D eigenvalue weighted by atomic mass is 10.2. The first-order chi connectivity index (χ1) is 8.36. The van der Waals surface area contributed by atoms with Crippen LogP contribution in [0.5, 0.6) is 0 Å². The van der Waals surface area contributed by atoms with Gasteiger partial charge < -0.3 is 10.2 Å². The third-order valence-electron chi connectivity index (χ3n) is 2.90. The number of nitrogens with zero attached hydrogens (tertiary/aromatic N) is 2. The minimum Gasteiger partial charge on any atom is -0.365 e. The lowest BCUT2D eigenvalue weighted by molar-refractivity contribution is -0.137. The van der Waals surface area contributed by atoms with E-state index in [-0.39, 0.29) is 11.1 Å². The summed E-state index contributed by atoms with van der Waals surface area (Å²) in [5.74, 6) is 0.310. The van der Waals surface area contributed by atoms with Gasteiger partial charge in [0.2, 0.25) is 0 Å². The van der Waals surface area contributed by atoms with Gasteiger partial charge in [-0.15, -0.1) is 0 Å². The number of halogens is 4. The molecule has 0 amide bonds. The quantitative estimate of drug-likeness (QED) is 0.902. The van der Waals surface area contributed by atoms with E-state index >= 15 is 0 Å².